The molecule has 2 aliphatic heterocycles. The van der Waals surface area contributed by atoms with E-state index in [0.717, 1.165) is 57.9 Å². The lowest BCUT2D eigenvalue weighted by atomic mass is 9.99. The maximum absolute atomic E-state index is 12.9. The van der Waals surface area contributed by atoms with Crippen LogP contribution in [0.3, 0.4) is 0 Å². The topological polar surface area (TPSA) is 52.6 Å². The van der Waals surface area contributed by atoms with Crippen LogP contribution in [0.1, 0.15) is 36.1 Å². The van der Waals surface area contributed by atoms with Crippen molar-refractivity contribution in [2.75, 3.05) is 49.1 Å². The van der Waals surface area contributed by atoms with Gasteiger partial charge in [0, 0.05) is 51.0 Å². The zero-order valence-corrected chi connectivity index (χ0v) is 16.8. The number of nitrogens with zero attached hydrogens (tertiary/aromatic N) is 5. The van der Waals surface area contributed by atoms with Gasteiger partial charge in [-0.2, -0.15) is 0 Å². The summed E-state index contributed by atoms with van der Waals surface area (Å²) in [6, 6.07) is 12.4. The molecule has 0 spiro atoms. The number of piperazine rings is 1. The van der Waals surface area contributed by atoms with E-state index in [1.165, 1.54) is 5.69 Å². The zero-order chi connectivity index (χ0) is 19.5. The zero-order valence-electron chi connectivity index (χ0n) is 16.8. The van der Waals surface area contributed by atoms with E-state index in [-0.39, 0.29) is 5.91 Å². The second-order valence-electron chi connectivity index (χ2n) is 7.94. The minimum absolute atomic E-state index is 0.0431. The molecule has 0 atom stereocenters. The van der Waals surface area contributed by atoms with Crippen LogP contribution >= 0.6 is 0 Å². The van der Waals surface area contributed by atoms with Crippen LogP contribution in [0.25, 0.3) is 0 Å². The molecule has 2 aromatic rings. The van der Waals surface area contributed by atoms with Crippen molar-refractivity contribution in [3.05, 3.63) is 47.9 Å². The van der Waals surface area contributed by atoms with E-state index in [4.69, 9.17) is 0 Å². The number of para-hydroxylation sites is 1. The van der Waals surface area contributed by atoms with Crippen molar-refractivity contribution in [1.29, 1.82) is 0 Å². The molecule has 6 nitrogen and oxygen atoms in total. The number of aromatic nitrogens is 2. The van der Waals surface area contributed by atoms with Gasteiger partial charge in [0.25, 0.3) is 5.91 Å². The predicted molar refractivity (Wildman–Crippen MR) is 112 cm³/mol. The Morgan fingerprint density at radius 1 is 0.929 bits per heavy atom. The molecule has 1 aromatic carbocycles. The summed E-state index contributed by atoms with van der Waals surface area (Å²) in [4.78, 5) is 28.6. The molecular formula is C22H29N5O. The highest BCUT2D eigenvalue weighted by atomic mass is 16.2. The fraction of sp³-hybridized carbons (Fsp3) is 0.500. The van der Waals surface area contributed by atoms with Crippen molar-refractivity contribution >= 4 is 17.4 Å². The first-order valence-electron chi connectivity index (χ1n) is 10.3. The number of hydrogen-bond donors (Lipinski definition) is 0. The van der Waals surface area contributed by atoms with Gasteiger partial charge in [-0.25, -0.2) is 9.97 Å². The number of amides is 1. The van der Waals surface area contributed by atoms with Crippen LogP contribution < -0.4 is 9.80 Å². The Labute approximate surface area is 167 Å². The smallest absolute Gasteiger partial charge is 0.272 e. The molecule has 1 amide bonds. The Bertz CT molecular complexity index is 809. The molecule has 0 N–H and O–H groups in total. The van der Waals surface area contributed by atoms with Crippen molar-refractivity contribution < 1.29 is 4.79 Å². The molecular weight excluding hydrogens is 350 g/mol. The van der Waals surface area contributed by atoms with E-state index >= 15 is 0 Å². The molecule has 0 bridgehead atoms. The van der Waals surface area contributed by atoms with Crippen LogP contribution in [0.5, 0.6) is 0 Å². The average Bonchev–Trinajstić information content (AvgIpc) is 2.74. The lowest BCUT2D eigenvalue weighted by Gasteiger charge is -2.37. The summed E-state index contributed by atoms with van der Waals surface area (Å²) < 4.78 is 0. The maximum atomic E-state index is 12.9. The van der Waals surface area contributed by atoms with Crippen molar-refractivity contribution in [2.24, 2.45) is 5.92 Å². The Hall–Kier alpha value is -2.63. The summed E-state index contributed by atoms with van der Waals surface area (Å²) in [5.74, 6) is 2.28. The second-order valence-corrected chi connectivity index (χ2v) is 7.94. The van der Waals surface area contributed by atoms with Gasteiger partial charge < -0.3 is 14.7 Å². The first kappa shape index (κ1) is 18.7. The monoisotopic (exact) mass is 379 g/mol. The molecule has 28 heavy (non-hydrogen) atoms. The van der Waals surface area contributed by atoms with Gasteiger partial charge in [-0.3, -0.25) is 4.79 Å². The number of hydrogen-bond acceptors (Lipinski definition) is 5. The third-order valence-electron chi connectivity index (χ3n) is 5.84. The molecule has 0 saturated carbocycles. The maximum Gasteiger partial charge on any atom is 0.272 e. The molecule has 2 saturated heterocycles. The molecule has 0 radical (unpaired) electrons. The summed E-state index contributed by atoms with van der Waals surface area (Å²) in [5, 5.41) is 0. The van der Waals surface area contributed by atoms with Crippen LogP contribution in [-0.4, -0.2) is 60.0 Å². The van der Waals surface area contributed by atoms with E-state index in [1.807, 2.05) is 24.0 Å². The summed E-state index contributed by atoms with van der Waals surface area (Å²) in [6.45, 7) is 9.45. The Morgan fingerprint density at radius 3 is 2.25 bits per heavy atom. The SMILES string of the molecule is Cc1nc(C(=O)N2CCC(C)CC2)cc(N2CCN(c3ccccc3)CC2)n1. The number of rotatable bonds is 3. The van der Waals surface area contributed by atoms with Gasteiger partial charge in [0.05, 0.1) is 0 Å². The van der Waals surface area contributed by atoms with Gasteiger partial charge in [-0.15, -0.1) is 0 Å². The van der Waals surface area contributed by atoms with Crippen LogP contribution in [0.15, 0.2) is 36.4 Å². The summed E-state index contributed by atoms with van der Waals surface area (Å²) in [7, 11) is 0. The summed E-state index contributed by atoms with van der Waals surface area (Å²) in [5.41, 5.74) is 1.79. The molecule has 2 fully saturated rings. The summed E-state index contributed by atoms with van der Waals surface area (Å²) >= 11 is 0. The highest BCUT2D eigenvalue weighted by Crippen LogP contribution is 2.22. The Balaban J connectivity index is 1.45. The minimum Gasteiger partial charge on any atom is -0.368 e. The largest absolute Gasteiger partial charge is 0.368 e. The number of anilines is 2. The second kappa shape index (κ2) is 8.17. The first-order chi connectivity index (χ1) is 13.6. The van der Waals surface area contributed by atoms with Crippen molar-refractivity contribution in [1.82, 2.24) is 14.9 Å². The first-order valence-corrected chi connectivity index (χ1v) is 10.3. The Morgan fingerprint density at radius 2 is 1.57 bits per heavy atom. The molecule has 1 aromatic heterocycles. The molecule has 0 unspecified atom stereocenters. The van der Waals surface area contributed by atoms with Gasteiger partial charge in [0.2, 0.25) is 0 Å². The molecule has 4 rings (SSSR count). The fourth-order valence-corrected chi connectivity index (χ4v) is 4.03. The van der Waals surface area contributed by atoms with E-state index in [2.05, 4.69) is 51.0 Å². The molecule has 0 aliphatic carbocycles. The molecule has 2 aliphatic rings. The van der Waals surface area contributed by atoms with Crippen LogP contribution in [0.4, 0.5) is 11.5 Å². The minimum atomic E-state index is 0.0431. The number of piperidine rings is 1. The summed E-state index contributed by atoms with van der Waals surface area (Å²) in [6.07, 6.45) is 2.15. The van der Waals surface area contributed by atoms with E-state index < -0.39 is 0 Å². The number of carbonyl (C=O) groups is 1. The van der Waals surface area contributed by atoms with E-state index in [1.54, 1.807) is 0 Å². The normalized spacial score (nSPS) is 18.4. The van der Waals surface area contributed by atoms with Crippen LogP contribution in [0.2, 0.25) is 0 Å². The number of carbonyl (C=O) groups excluding carboxylic acids is 1. The van der Waals surface area contributed by atoms with Crippen molar-refractivity contribution in [3.8, 4) is 0 Å². The standard InChI is InChI=1S/C22H29N5O/c1-17-8-10-27(11-9-17)22(28)20-16-21(24-18(2)23-20)26-14-12-25(13-15-26)19-6-4-3-5-7-19/h3-7,16-17H,8-15H2,1-2H3. The van der Waals surface area contributed by atoms with Gasteiger partial charge in [-0.1, -0.05) is 25.1 Å². The van der Waals surface area contributed by atoms with Crippen LogP contribution in [-0.2, 0) is 0 Å². The Kier molecular flexibility index (Phi) is 5.46. The molecule has 148 valence electrons. The van der Waals surface area contributed by atoms with Crippen molar-refractivity contribution in [3.63, 3.8) is 0 Å². The highest BCUT2D eigenvalue weighted by molar-refractivity contribution is 5.93. The number of benzene rings is 1. The number of aryl methyl sites for hydroxylation is 1. The van der Waals surface area contributed by atoms with Crippen molar-refractivity contribution in [2.45, 2.75) is 26.7 Å². The average molecular weight is 380 g/mol. The third-order valence-corrected chi connectivity index (χ3v) is 5.84. The van der Waals surface area contributed by atoms with Gasteiger partial charge >= 0.3 is 0 Å². The molecule has 3 heterocycles. The van der Waals surface area contributed by atoms with Crippen LogP contribution in [0, 0.1) is 12.8 Å². The predicted octanol–water partition coefficient (Wildman–Crippen LogP) is 2.98. The van der Waals surface area contributed by atoms with E-state index in [9.17, 15) is 4.79 Å². The third kappa shape index (κ3) is 4.11. The van der Waals surface area contributed by atoms with Gasteiger partial charge in [0.1, 0.15) is 17.3 Å². The highest BCUT2D eigenvalue weighted by Gasteiger charge is 2.25. The molecule has 6 heteroatoms. The van der Waals surface area contributed by atoms with E-state index in [0.29, 0.717) is 17.4 Å². The number of likely N-dealkylation sites (tertiary alicyclic amines) is 1. The van der Waals surface area contributed by atoms with Gasteiger partial charge in [-0.05, 0) is 37.8 Å². The fourth-order valence-electron chi connectivity index (χ4n) is 4.03. The van der Waals surface area contributed by atoms with Gasteiger partial charge in [0.15, 0.2) is 0 Å². The lowest BCUT2D eigenvalue weighted by molar-refractivity contribution is 0.0691. The quantitative estimate of drug-likeness (QED) is 0.821. The lowest BCUT2D eigenvalue weighted by Crippen LogP contribution is -2.47.